The highest BCUT2D eigenvalue weighted by Gasteiger charge is 2.49. The van der Waals surface area contributed by atoms with E-state index in [-0.39, 0.29) is 28.7 Å². The minimum atomic E-state index is -2.87. The lowest BCUT2D eigenvalue weighted by Gasteiger charge is -2.19. The third kappa shape index (κ3) is 2.29. The first-order valence-corrected chi connectivity index (χ1v) is 8.89. The number of benzene rings is 1. The quantitative estimate of drug-likeness (QED) is 0.846. The zero-order chi connectivity index (χ0) is 12.8. The van der Waals surface area contributed by atoms with E-state index < -0.39 is 9.84 Å². The molecule has 3 nitrogen and oxygen atoms in total. The lowest BCUT2D eigenvalue weighted by Crippen LogP contribution is -2.32. The van der Waals surface area contributed by atoms with Crippen LogP contribution < -0.4 is 5.32 Å². The SMILES string of the molecule is O=S1(=O)C[C@H]2[C@H](Nc3ccccc3)C(=S)S[C@@H]2C1. The summed E-state index contributed by atoms with van der Waals surface area (Å²) in [5.41, 5.74) is 0.996. The standard InChI is InChI=1S/C12H13NO2S3/c14-18(15)6-9-10(7-18)17-12(16)11(9)13-8-4-2-1-3-5-8/h1-5,9-11,13H,6-7H2/t9-,10-,11+/m1/s1. The van der Waals surface area contributed by atoms with Crippen LogP contribution in [0, 0.1) is 5.92 Å². The van der Waals surface area contributed by atoms with Gasteiger partial charge in [-0.25, -0.2) is 8.42 Å². The molecule has 2 aliphatic rings. The van der Waals surface area contributed by atoms with Crippen LogP contribution >= 0.6 is 24.0 Å². The van der Waals surface area contributed by atoms with Gasteiger partial charge in [-0.05, 0) is 12.1 Å². The second kappa shape index (κ2) is 4.51. The smallest absolute Gasteiger partial charge is 0.151 e. The van der Waals surface area contributed by atoms with E-state index in [1.807, 2.05) is 30.3 Å². The van der Waals surface area contributed by atoms with E-state index in [0.717, 1.165) is 9.88 Å². The van der Waals surface area contributed by atoms with Crippen LogP contribution in [0.4, 0.5) is 5.69 Å². The van der Waals surface area contributed by atoms with Crippen molar-refractivity contribution in [2.24, 2.45) is 5.92 Å². The molecule has 0 aromatic heterocycles. The van der Waals surface area contributed by atoms with Crippen molar-refractivity contribution in [1.29, 1.82) is 0 Å². The number of rotatable bonds is 2. The van der Waals surface area contributed by atoms with Gasteiger partial charge in [0.25, 0.3) is 0 Å². The summed E-state index contributed by atoms with van der Waals surface area (Å²) in [5.74, 6) is 0.651. The molecule has 3 rings (SSSR count). The summed E-state index contributed by atoms with van der Waals surface area (Å²) >= 11 is 6.93. The van der Waals surface area contributed by atoms with Crippen molar-refractivity contribution in [3.05, 3.63) is 30.3 Å². The Bertz CT molecular complexity index is 570. The lowest BCUT2D eigenvalue weighted by molar-refractivity contribution is 0.588. The summed E-state index contributed by atoms with van der Waals surface area (Å²) in [6.07, 6.45) is 0. The number of hydrogen-bond acceptors (Lipinski definition) is 5. The predicted molar refractivity (Wildman–Crippen MR) is 80.0 cm³/mol. The Morgan fingerprint density at radius 3 is 2.67 bits per heavy atom. The fourth-order valence-corrected chi connectivity index (χ4v) is 7.17. The van der Waals surface area contributed by atoms with E-state index in [9.17, 15) is 8.42 Å². The van der Waals surface area contributed by atoms with Crippen molar-refractivity contribution in [3.8, 4) is 0 Å². The summed E-state index contributed by atoms with van der Waals surface area (Å²) in [5, 5.41) is 3.52. The van der Waals surface area contributed by atoms with Crippen LogP contribution in [0.3, 0.4) is 0 Å². The largest absolute Gasteiger partial charge is 0.376 e. The van der Waals surface area contributed by atoms with E-state index in [0.29, 0.717) is 0 Å². The van der Waals surface area contributed by atoms with Crippen LogP contribution in [0.2, 0.25) is 0 Å². The van der Waals surface area contributed by atoms with Crippen LogP contribution in [-0.4, -0.2) is 35.4 Å². The predicted octanol–water partition coefficient (Wildman–Crippen LogP) is 1.95. The molecule has 18 heavy (non-hydrogen) atoms. The first kappa shape index (κ1) is 12.4. The Morgan fingerprint density at radius 1 is 1.22 bits per heavy atom. The maximum atomic E-state index is 11.7. The molecule has 2 fully saturated rings. The average Bonchev–Trinajstić information content (AvgIpc) is 2.74. The van der Waals surface area contributed by atoms with E-state index in [1.54, 1.807) is 11.8 Å². The second-order valence-electron chi connectivity index (χ2n) is 4.70. The first-order valence-electron chi connectivity index (χ1n) is 5.78. The van der Waals surface area contributed by atoms with E-state index in [1.165, 1.54) is 0 Å². The van der Waals surface area contributed by atoms with E-state index in [4.69, 9.17) is 12.2 Å². The molecule has 0 saturated carbocycles. The Labute approximate surface area is 116 Å². The van der Waals surface area contributed by atoms with E-state index in [2.05, 4.69) is 5.32 Å². The molecule has 0 radical (unpaired) electrons. The van der Waals surface area contributed by atoms with Crippen molar-refractivity contribution in [2.75, 3.05) is 16.8 Å². The summed E-state index contributed by atoms with van der Waals surface area (Å²) in [6, 6.07) is 9.81. The molecule has 6 heteroatoms. The zero-order valence-corrected chi connectivity index (χ0v) is 12.0. The number of nitrogens with one attached hydrogen (secondary N) is 1. The third-order valence-electron chi connectivity index (χ3n) is 3.39. The monoisotopic (exact) mass is 299 g/mol. The number of anilines is 1. The van der Waals surface area contributed by atoms with Crippen molar-refractivity contribution in [3.63, 3.8) is 0 Å². The van der Waals surface area contributed by atoms with Crippen molar-refractivity contribution >= 4 is 43.7 Å². The van der Waals surface area contributed by atoms with Gasteiger partial charge < -0.3 is 5.32 Å². The molecular weight excluding hydrogens is 286 g/mol. The molecule has 3 atom stereocenters. The van der Waals surface area contributed by atoms with E-state index >= 15 is 0 Å². The highest BCUT2D eigenvalue weighted by atomic mass is 32.2. The fraction of sp³-hybridized carbons (Fsp3) is 0.417. The molecule has 0 aliphatic carbocycles. The highest BCUT2D eigenvalue weighted by molar-refractivity contribution is 8.24. The summed E-state index contributed by atoms with van der Waals surface area (Å²) < 4.78 is 24.2. The summed E-state index contributed by atoms with van der Waals surface area (Å²) in [7, 11) is -2.87. The van der Waals surface area contributed by atoms with Gasteiger partial charge in [-0.2, -0.15) is 0 Å². The molecule has 2 saturated heterocycles. The molecule has 0 spiro atoms. The molecule has 2 heterocycles. The minimum absolute atomic E-state index is 0.00493. The second-order valence-corrected chi connectivity index (χ2v) is 8.84. The maximum absolute atomic E-state index is 11.7. The summed E-state index contributed by atoms with van der Waals surface area (Å²) in [4.78, 5) is 0. The Morgan fingerprint density at radius 2 is 1.94 bits per heavy atom. The molecule has 96 valence electrons. The van der Waals surface area contributed by atoms with Crippen LogP contribution in [0.5, 0.6) is 0 Å². The zero-order valence-electron chi connectivity index (χ0n) is 9.57. The number of thiocarbonyl (C=S) groups is 1. The van der Waals surface area contributed by atoms with Gasteiger partial charge in [0.15, 0.2) is 9.84 Å². The molecular formula is C12H13NO2S3. The Balaban J connectivity index is 1.82. The molecule has 1 N–H and O–H groups in total. The highest BCUT2D eigenvalue weighted by Crippen LogP contribution is 2.42. The van der Waals surface area contributed by atoms with Crippen LogP contribution in [0.15, 0.2) is 30.3 Å². The van der Waals surface area contributed by atoms with Crippen molar-refractivity contribution in [2.45, 2.75) is 11.3 Å². The van der Waals surface area contributed by atoms with Gasteiger partial charge in [-0.15, -0.1) is 11.8 Å². The van der Waals surface area contributed by atoms with Gasteiger partial charge in [0.05, 0.1) is 21.7 Å². The maximum Gasteiger partial charge on any atom is 0.151 e. The lowest BCUT2D eigenvalue weighted by atomic mass is 10.0. The van der Waals surface area contributed by atoms with Crippen LogP contribution in [0.25, 0.3) is 0 Å². The Hall–Kier alpha value is -0.590. The number of para-hydroxylation sites is 1. The topological polar surface area (TPSA) is 46.2 Å². The van der Waals surface area contributed by atoms with Crippen LogP contribution in [-0.2, 0) is 9.84 Å². The van der Waals surface area contributed by atoms with Gasteiger partial charge in [0, 0.05) is 16.9 Å². The molecule has 0 unspecified atom stereocenters. The fourth-order valence-electron chi connectivity index (χ4n) is 2.55. The molecule has 1 aromatic carbocycles. The molecule has 0 amide bonds. The van der Waals surface area contributed by atoms with Crippen molar-refractivity contribution in [1.82, 2.24) is 0 Å². The average molecular weight is 299 g/mol. The normalized spacial score (nSPS) is 33.3. The number of hydrogen-bond donors (Lipinski definition) is 1. The number of thioether (sulfide) groups is 1. The first-order chi connectivity index (χ1) is 8.55. The van der Waals surface area contributed by atoms with Crippen molar-refractivity contribution < 1.29 is 8.42 Å². The van der Waals surface area contributed by atoms with Gasteiger partial charge in [0.1, 0.15) is 0 Å². The van der Waals surface area contributed by atoms with Gasteiger partial charge >= 0.3 is 0 Å². The molecule has 2 aliphatic heterocycles. The molecule has 0 bridgehead atoms. The van der Waals surface area contributed by atoms with Crippen LogP contribution in [0.1, 0.15) is 0 Å². The number of sulfone groups is 1. The number of fused-ring (bicyclic) bond motifs is 1. The third-order valence-corrected chi connectivity index (χ3v) is 7.21. The summed E-state index contributed by atoms with van der Waals surface area (Å²) in [6.45, 7) is 0. The van der Waals surface area contributed by atoms with Gasteiger partial charge in [0.2, 0.25) is 0 Å². The molecule has 1 aromatic rings. The minimum Gasteiger partial charge on any atom is -0.376 e. The van der Waals surface area contributed by atoms with Gasteiger partial charge in [-0.3, -0.25) is 0 Å². The van der Waals surface area contributed by atoms with Gasteiger partial charge in [-0.1, -0.05) is 30.4 Å². The Kier molecular flexibility index (Phi) is 3.11.